The molecule has 0 aliphatic rings. The zero-order valence-electron chi connectivity index (χ0n) is 14.4. The second kappa shape index (κ2) is 9.99. The largest absolute Gasteiger partial charge is 0.482 e. The van der Waals surface area contributed by atoms with Crippen LogP contribution in [0.4, 0.5) is 5.69 Å². The van der Waals surface area contributed by atoms with Gasteiger partial charge in [0.2, 0.25) is 0 Å². The topological polar surface area (TPSA) is 65.4 Å². The van der Waals surface area contributed by atoms with E-state index in [4.69, 9.17) is 10.00 Å². The van der Waals surface area contributed by atoms with Gasteiger partial charge in [-0.1, -0.05) is 30.3 Å². The van der Waals surface area contributed by atoms with Crippen molar-refractivity contribution < 1.29 is 9.53 Å². The molecule has 0 aromatic heterocycles. The Bertz CT molecular complexity index is 710. The number of benzene rings is 2. The van der Waals surface area contributed by atoms with E-state index >= 15 is 0 Å². The Morgan fingerprint density at radius 2 is 1.88 bits per heavy atom. The molecule has 0 saturated heterocycles. The molecule has 0 radical (unpaired) electrons. The molecule has 0 heterocycles. The molecule has 5 nitrogen and oxygen atoms in total. The van der Waals surface area contributed by atoms with E-state index in [1.165, 1.54) is 5.69 Å². The van der Waals surface area contributed by atoms with Crippen molar-refractivity contribution >= 4 is 11.6 Å². The van der Waals surface area contributed by atoms with Crippen LogP contribution in [-0.2, 0) is 4.79 Å². The van der Waals surface area contributed by atoms with Gasteiger partial charge in [-0.15, -0.1) is 0 Å². The average molecular weight is 337 g/mol. The molecule has 2 rings (SSSR count). The van der Waals surface area contributed by atoms with E-state index in [0.29, 0.717) is 17.9 Å². The van der Waals surface area contributed by atoms with Gasteiger partial charge in [-0.05, 0) is 37.6 Å². The van der Waals surface area contributed by atoms with E-state index in [2.05, 4.69) is 29.3 Å². The summed E-state index contributed by atoms with van der Waals surface area (Å²) in [7, 11) is 0. The molecule has 0 bridgehead atoms. The molecule has 1 amide bonds. The van der Waals surface area contributed by atoms with Crippen molar-refractivity contribution in [1.82, 2.24) is 5.32 Å². The molecular weight excluding hydrogens is 314 g/mol. The lowest BCUT2D eigenvalue weighted by molar-refractivity contribution is -0.123. The number of nitrogens with zero attached hydrogens (tertiary/aromatic N) is 2. The van der Waals surface area contributed by atoms with E-state index in [1.54, 1.807) is 24.3 Å². The molecule has 0 fully saturated rings. The molecule has 0 atom stereocenters. The number of ether oxygens (including phenoxy) is 1. The van der Waals surface area contributed by atoms with Crippen LogP contribution in [0.3, 0.4) is 0 Å². The van der Waals surface area contributed by atoms with Crippen LogP contribution in [0.25, 0.3) is 0 Å². The Kier molecular flexibility index (Phi) is 7.33. The van der Waals surface area contributed by atoms with Crippen LogP contribution in [0, 0.1) is 11.3 Å². The summed E-state index contributed by atoms with van der Waals surface area (Å²) in [5.74, 6) is 0.247. The third-order valence-electron chi connectivity index (χ3n) is 3.80. The van der Waals surface area contributed by atoms with Crippen LogP contribution >= 0.6 is 0 Å². The Hall–Kier alpha value is -3.00. The van der Waals surface area contributed by atoms with Crippen LogP contribution in [0.5, 0.6) is 5.75 Å². The number of carbonyl (C=O) groups excluding carboxylic acids is 1. The van der Waals surface area contributed by atoms with Gasteiger partial charge in [0.15, 0.2) is 6.61 Å². The summed E-state index contributed by atoms with van der Waals surface area (Å²) >= 11 is 0. The molecule has 0 aliphatic carbocycles. The van der Waals surface area contributed by atoms with Gasteiger partial charge in [0.05, 0.1) is 5.56 Å². The number of anilines is 1. The van der Waals surface area contributed by atoms with Gasteiger partial charge < -0.3 is 15.0 Å². The van der Waals surface area contributed by atoms with Crippen LogP contribution in [0.1, 0.15) is 18.9 Å². The highest BCUT2D eigenvalue weighted by Crippen LogP contribution is 2.16. The van der Waals surface area contributed by atoms with Gasteiger partial charge in [-0.25, -0.2) is 0 Å². The van der Waals surface area contributed by atoms with Crippen molar-refractivity contribution in [1.29, 1.82) is 5.26 Å². The predicted octanol–water partition coefficient (Wildman–Crippen LogP) is 2.97. The Labute approximate surface area is 148 Å². The zero-order chi connectivity index (χ0) is 17.9. The van der Waals surface area contributed by atoms with Crippen molar-refractivity contribution in [2.75, 3.05) is 31.1 Å². The molecule has 25 heavy (non-hydrogen) atoms. The van der Waals surface area contributed by atoms with Crippen LogP contribution < -0.4 is 15.0 Å². The fourth-order valence-electron chi connectivity index (χ4n) is 2.49. The number of nitriles is 1. The highest BCUT2D eigenvalue weighted by molar-refractivity contribution is 5.77. The average Bonchev–Trinajstić information content (AvgIpc) is 2.67. The molecule has 130 valence electrons. The number of hydrogen-bond acceptors (Lipinski definition) is 4. The van der Waals surface area contributed by atoms with E-state index in [-0.39, 0.29) is 12.5 Å². The monoisotopic (exact) mass is 337 g/mol. The molecule has 0 spiro atoms. The second-order valence-corrected chi connectivity index (χ2v) is 5.52. The maximum absolute atomic E-state index is 11.9. The predicted molar refractivity (Wildman–Crippen MR) is 98.6 cm³/mol. The first-order chi connectivity index (χ1) is 12.2. The number of amides is 1. The lowest BCUT2D eigenvalue weighted by Crippen LogP contribution is -2.32. The maximum Gasteiger partial charge on any atom is 0.257 e. The number of para-hydroxylation sites is 2. The van der Waals surface area contributed by atoms with Gasteiger partial charge >= 0.3 is 0 Å². The van der Waals surface area contributed by atoms with Crippen molar-refractivity contribution in [3.8, 4) is 11.8 Å². The minimum absolute atomic E-state index is 0.0884. The van der Waals surface area contributed by atoms with Crippen LogP contribution in [0.15, 0.2) is 54.6 Å². The Balaban J connectivity index is 1.69. The summed E-state index contributed by atoms with van der Waals surface area (Å²) in [6.45, 7) is 4.41. The Morgan fingerprint density at radius 3 is 2.60 bits per heavy atom. The first kappa shape index (κ1) is 18.3. The van der Waals surface area contributed by atoms with E-state index in [1.807, 2.05) is 24.3 Å². The first-order valence-corrected chi connectivity index (χ1v) is 8.43. The van der Waals surface area contributed by atoms with E-state index in [9.17, 15) is 4.79 Å². The quantitative estimate of drug-likeness (QED) is 0.715. The molecule has 2 aromatic carbocycles. The fraction of sp³-hybridized carbons (Fsp3) is 0.300. The normalized spacial score (nSPS) is 9.92. The summed E-state index contributed by atoms with van der Waals surface area (Å²) in [5.41, 5.74) is 1.62. The summed E-state index contributed by atoms with van der Waals surface area (Å²) < 4.78 is 5.41. The lowest BCUT2D eigenvalue weighted by Gasteiger charge is -2.23. The first-order valence-electron chi connectivity index (χ1n) is 8.43. The highest BCUT2D eigenvalue weighted by Gasteiger charge is 2.07. The summed E-state index contributed by atoms with van der Waals surface area (Å²) in [6, 6.07) is 19.2. The lowest BCUT2D eigenvalue weighted by atomic mass is 10.2. The van der Waals surface area contributed by atoms with Gasteiger partial charge in [0.25, 0.3) is 5.91 Å². The smallest absolute Gasteiger partial charge is 0.257 e. The summed E-state index contributed by atoms with van der Waals surface area (Å²) in [6.07, 6.45) is 0.850. The zero-order valence-corrected chi connectivity index (χ0v) is 14.4. The van der Waals surface area contributed by atoms with Gasteiger partial charge in [0, 0.05) is 25.3 Å². The van der Waals surface area contributed by atoms with Crippen LogP contribution in [0.2, 0.25) is 0 Å². The number of rotatable bonds is 9. The third-order valence-corrected chi connectivity index (χ3v) is 3.80. The van der Waals surface area contributed by atoms with Crippen molar-refractivity contribution in [2.24, 2.45) is 0 Å². The van der Waals surface area contributed by atoms with Gasteiger partial charge in [-0.2, -0.15) is 5.26 Å². The van der Waals surface area contributed by atoms with E-state index in [0.717, 1.165) is 19.5 Å². The molecular formula is C20H23N3O2. The summed E-state index contributed by atoms with van der Waals surface area (Å²) in [4.78, 5) is 14.1. The minimum Gasteiger partial charge on any atom is -0.482 e. The molecule has 0 aliphatic heterocycles. The van der Waals surface area contributed by atoms with Gasteiger partial charge in [0.1, 0.15) is 11.8 Å². The molecule has 0 unspecified atom stereocenters. The second-order valence-electron chi connectivity index (χ2n) is 5.52. The minimum atomic E-state index is -0.185. The molecule has 0 saturated carbocycles. The Morgan fingerprint density at radius 1 is 1.16 bits per heavy atom. The molecule has 1 N–H and O–H groups in total. The summed E-state index contributed by atoms with van der Waals surface area (Å²) in [5, 5.41) is 11.8. The van der Waals surface area contributed by atoms with Gasteiger partial charge in [-0.3, -0.25) is 4.79 Å². The van der Waals surface area contributed by atoms with Crippen molar-refractivity contribution in [2.45, 2.75) is 13.3 Å². The molecule has 2 aromatic rings. The number of nitrogens with one attached hydrogen (secondary N) is 1. The standard InChI is InChI=1S/C20H23N3O2/c1-2-23(18-10-4-3-5-11-18)14-8-13-22-20(24)16-25-19-12-7-6-9-17(19)15-21/h3-7,9-12H,2,8,13-14,16H2,1H3,(H,22,24). The van der Waals surface area contributed by atoms with E-state index < -0.39 is 0 Å². The highest BCUT2D eigenvalue weighted by atomic mass is 16.5. The van der Waals surface area contributed by atoms with Crippen molar-refractivity contribution in [3.63, 3.8) is 0 Å². The van der Waals surface area contributed by atoms with Crippen LogP contribution in [-0.4, -0.2) is 32.1 Å². The fourth-order valence-corrected chi connectivity index (χ4v) is 2.49. The van der Waals surface area contributed by atoms with Crippen molar-refractivity contribution in [3.05, 3.63) is 60.2 Å². The third kappa shape index (κ3) is 5.85. The molecule has 5 heteroatoms. The number of hydrogen-bond donors (Lipinski definition) is 1. The number of carbonyl (C=O) groups is 1. The maximum atomic E-state index is 11.9. The SMILES string of the molecule is CCN(CCCNC(=O)COc1ccccc1C#N)c1ccccc1.